The van der Waals surface area contributed by atoms with Crippen LogP contribution in [0.4, 0.5) is 0 Å². The average molecular weight is 855 g/mol. The van der Waals surface area contributed by atoms with Gasteiger partial charge in [0, 0.05) is 0 Å². The summed E-state index contributed by atoms with van der Waals surface area (Å²) in [5, 5.41) is 8.95. The van der Waals surface area contributed by atoms with Gasteiger partial charge in [0.05, 0.1) is 12.3 Å². The van der Waals surface area contributed by atoms with Crippen LogP contribution in [0, 0.1) is 0 Å². The van der Waals surface area contributed by atoms with E-state index in [9.17, 15) is 23.5 Å². The van der Waals surface area contributed by atoms with Crippen molar-refractivity contribution in [3.63, 3.8) is 0 Å². The van der Waals surface area contributed by atoms with Crippen molar-refractivity contribution in [1.29, 1.82) is 0 Å². The van der Waals surface area contributed by atoms with Crippen molar-refractivity contribution in [3.8, 4) is 0 Å². The SMILES string of the molecule is CCCC[P+](c1ccccc1)(c1ccccc1)c1ccccc1.CCCC[P+](c1ccccc1)(c1ccccc1)c1ccccc1.[O]=[Cr](=[O])([O-])[O][Cr](=[O])(=[O])[O-]. The van der Waals surface area contributed by atoms with Crippen LogP contribution in [0.2, 0.25) is 0 Å². The van der Waals surface area contributed by atoms with Crippen molar-refractivity contribution in [2.45, 2.75) is 39.5 Å². The Labute approximate surface area is 331 Å². The summed E-state index contributed by atoms with van der Waals surface area (Å²) >= 11 is -12.1. The molecule has 0 spiro atoms. The van der Waals surface area contributed by atoms with Crippen LogP contribution < -0.4 is 40.1 Å². The molecule has 0 unspecified atom stereocenters. The molecule has 0 atom stereocenters. The van der Waals surface area contributed by atoms with E-state index in [1.165, 1.54) is 69.8 Å². The normalized spacial score (nSPS) is 11.7. The molecule has 0 amide bonds. The first-order valence-corrected chi connectivity index (χ1v) is 26.3. The van der Waals surface area contributed by atoms with Gasteiger partial charge in [-0.3, -0.25) is 0 Å². The number of benzene rings is 6. The Balaban J connectivity index is 0.000000201. The van der Waals surface area contributed by atoms with Crippen LogP contribution in [0.3, 0.4) is 0 Å². The fourth-order valence-electron chi connectivity index (χ4n) is 6.66. The molecule has 0 saturated heterocycles. The van der Waals surface area contributed by atoms with Gasteiger partial charge >= 0.3 is 53.6 Å². The molecule has 0 bridgehead atoms. The van der Waals surface area contributed by atoms with Crippen molar-refractivity contribution < 1.29 is 53.6 Å². The average Bonchev–Trinajstić information content (AvgIpc) is 3.20. The molecule has 6 aromatic rings. The Morgan fingerprint density at radius 3 is 0.691 bits per heavy atom. The summed E-state index contributed by atoms with van der Waals surface area (Å²) in [7, 11) is -3.14. The quantitative estimate of drug-likeness (QED) is 0.113. The summed E-state index contributed by atoms with van der Waals surface area (Å²) in [6.07, 6.45) is 7.45. The van der Waals surface area contributed by atoms with E-state index in [0.717, 1.165) is 0 Å². The number of rotatable bonds is 14. The van der Waals surface area contributed by atoms with Gasteiger partial charge in [-0.1, -0.05) is 136 Å². The van der Waals surface area contributed by atoms with E-state index >= 15 is 0 Å². The Morgan fingerprint density at radius 1 is 0.382 bits per heavy atom. The molecule has 0 aliphatic rings. The molecular formula is C44H48Cr2O7P2. The second kappa shape index (κ2) is 21.6. The van der Waals surface area contributed by atoms with Gasteiger partial charge < -0.3 is 0 Å². The van der Waals surface area contributed by atoms with Crippen molar-refractivity contribution in [2.24, 2.45) is 0 Å². The van der Waals surface area contributed by atoms with Gasteiger partial charge in [0.25, 0.3) is 0 Å². The fourth-order valence-corrected chi connectivity index (χ4v) is 17.3. The summed E-state index contributed by atoms with van der Waals surface area (Å²) in [6, 6.07) is 66.8. The zero-order chi connectivity index (χ0) is 39.6. The molecule has 288 valence electrons. The number of hydrogen-bond donors (Lipinski definition) is 0. The van der Waals surface area contributed by atoms with Crippen molar-refractivity contribution in [2.75, 3.05) is 12.3 Å². The fraction of sp³-hybridized carbons (Fsp3) is 0.182. The molecule has 0 aromatic heterocycles. The molecule has 0 aliphatic carbocycles. The summed E-state index contributed by atoms with van der Waals surface area (Å²) in [5.74, 6) is 0. The van der Waals surface area contributed by atoms with Gasteiger partial charge in [0.15, 0.2) is 0 Å². The molecule has 0 N–H and O–H groups in total. The van der Waals surface area contributed by atoms with Gasteiger partial charge in [0.1, 0.15) is 46.4 Å². The van der Waals surface area contributed by atoms with Crippen LogP contribution in [-0.2, 0) is 45.3 Å². The zero-order valence-electron chi connectivity index (χ0n) is 31.1. The topological polar surface area (TPSA) is 124 Å². The standard InChI is InChI=1S/2C22H24P.2Cr.7O/c2*1-2-3-19-23(20-13-7-4-8-14-20,21-15-9-5-10-16-21)22-17-11-6-12-18-22;;;;;;;;;/h2*4-18H,2-3,19H2,1H3;;;;;;;;;/q2*+1;;;;;;;;2*-1. The number of unbranched alkanes of at least 4 members (excludes halogenated alkanes) is 2. The first kappa shape index (κ1) is 44.0. The molecule has 55 heavy (non-hydrogen) atoms. The Kier molecular flexibility index (Phi) is 17.3. The van der Waals surface area contributed by atoms with Crippen LogP contribution in [0.1, 0.15) is 39.5 Å². The number of hydrogen-bond acceptors (Lipinski definition) is 7. The molecule has 0 fully saturated rings. The van der Waals surface area contributed by atoms with E-state index in [4.69, 9.17) is 0 Å². The van der Waals surface area contributed by atoms with Crippen LogP contribution in [-0.4, -0.2) is 12.3 Å². The first-order valence-electron chi connectivity index (χ1n) is 18.2. The van der Waals surface area contributed by atoms with E-state index in [0.29, 0.717) is 0 Å². The molecule has 11 heteroatoms. The Morgan fingerprint density at radius 2 is 0.564 bits per heavy atom. The van der Waals surface area contributed by atoms with Gasteiger partial charge in [-0.2, -0.15) is 0 Å². The third-order valence-corrected chi connectivity index (χ3v) is 20.8. The van der Waals surface area contributed by atoms with Gasteiger partial charge in [-0.15, -0.1) is 0 Å². The minimum atomic E-state index is -6.07. The summed E-state index contributed by atoms with van der Waals surface area (Å²) < 4.78 is 58.9. The second-order valence-electron chi connectivity index (χ2n) is 12.7. The van der Waals surface area contributed by atoms with Crippen LogP contribution in [0.25, 0.3) is 0 Å². The second-order valence-corrected chi connectivity index (χ2v) is 23.5. The van der Waals surface area contributed by atoms with Crippen LogP contribution in [0.5, 0.6) is 0 Å². The third kappa shape index (κ3) is 12.7. The van der Waals surface area contributed by atoms with Crippen LogP contribution >= 0.6 is 14.5 Å². The summed E-state index contributed by atoms with van der Waals surface area (Å²) in [5.41, 5.74) is 0. The summed E-state index contributed by atoms with van der Waals surface area (Å²) in [4.78, 5) is 0. The molecule has 0 radical (unpaired) electrons. The predicted octanol–water partition coefficient (Wildman–Crippen LogP) is 6.63. The maximum atomic E-state index is 9.38. The zero-order valence-corrected chi connectivity index (χ0v) is 35.5. The summed E-state index contributed by atoms with van der Waals surface area (Å²) in [6.45, 7) is 4.57. The molecule has 7 nitrogen and oxygen atoms in total. The van der Waals surface area contributed by atoms with E-state index < -0.39 is 41.8 Å². The van der Waals surface area contributed by atoms with Crippen molar-refractivity contribution in [3.05, 3.63) is 182 Å². The molecule has 6 rings (SSSR count). The Hall–Kier alpha value is -3.68. The van der Waals surface area contributed by atoms with Gasteiger partial charge in [-0.05, 0) is 85.6 Å². The molecule has 0 saturated carbocycles. The maximum absolute atomic E-state index is 9.38. The molecule has 0 aliphatic heterocycles. The van der Waals surface area contributed by atoms with Gasteiger partial charge in [-0.25, -0.2) is 0 Å². The van der Waals surface area contributed by atoms with E-state index in [-0.39, 0.29) is 0 Å². The van der Waals surface area contributed by atoms with E-state index in [1.807, 2.05) is 0 Å². The van der Waals surface area contributed by atoms with Gasteiger partial charge in [0.2, 0.25) is 0 Å². The molecular weight excluding hydrogens is 806 g/mol. The van der Waals surface area contributed by atoms with E-state index in [2.05, 4.69) is 199 Å². The van der Waals surface area contributed by atoms with Crippen molar-refractivity contribution >= 4 is 46.4 Å². The monoisotopic (exact) mass is 854 g/mol. The molecule has 6 aromatic carbocycles. The minimum absolute atomic E-state index is 1.23. The van der Waals surface area contributed by atoms with Crippen molar-refractivity contribution in [1.82, 2.24) is 0 Å². The first-order chi connectivity index (χ1) is 26.5. The van der Waals surface area contributed by atoms with E-state index in [1.54, 1.807) is 0 Å². The van der Waals surface area contributed by atoms with Crippen LogP contribution in [0.15, 0.2) is 182 Å². The predicted molar refractivity (Wildman–Crippen MR) is 214 cm³/mol. The Bertz CT molecular complexity index is 1840. The third-order valence-electron chi connectivity index (χ3n) is 9.04. The molecule has 0 heterocycles.